The zero-order valence-electron chi connectivity index (χ0n) is 11.8. The summed E-state index contributed by atoms with van der Waals surface area (Å²) in [6.45, 7) is 8.18. The van der Waals surface area contributed by atoms with Gasteiger partial charge in [-0.05, 0) is 39.7 Å². The molecular weight excluding hydrogens is 242 g/mol. The highest BCUT2D eigenvalue weighted by molar-refractivity contribution is 5.85. The van der Waals surface area contributed by atoms with Crippen LogP contribution in [0, 0.1) is 13.8 Å². The molecule has 3 heterocycles. The zero-order valence-corrected chi connectivity index (χ0v) is 11.8. The fourth-order valence-electron chi connectivity index (χ4n) is 3.07. The molecule has 0 N–H and O–H groups in total. The van der Waals surface area contributed by atoms with Crippen LogP contribution in [-0.2, 0) is 9.53 Å². The number of hydrogen-bond donors (Lipinski definition) is 0. The van der Waals surface area contributed by atoms with Crippen LogP contribution in [0.3, 0.4) is 0 Å². The van der Waals surface area contributed by atoms with Crippen LogP contribution in [-0.4, -0.2) is 45.9 Å². The second-order valence-corrected chi connectivity index (χ2v) is 5.92. The Morgan fingerprint density at radius 2 is 2.21 bits per heavy atom. The Labute approximate surface area is 113 Å². The van der Waals surface area contributed by atoms with Gasteiger partial charge in [0.25, 0.3) is 5.91 Å². The van der Waals surface area contributed by atoms with Crippen molar-refractivity contribution in [2.24, 2.45) is 0 Å². The van der Waals surface area contributed by atoms with Crippen LogP contribution in [0.5, 0.6) is 0 Å². The summed E-state index contributed by atoms with van der Waals surface area (Å²) in [6.07, 6.45) is 1.82. The lowest BCUT2D eigenvalue weighted by Crippen LogP contribution is -2.57. The van der Waals surface area contributed by atoms with E-state index in [0.717, 1.165) is 37.3 Å². The molecule has 1 aromatic rings. The first-order valence-corrected chi connectivity index (χ1v) is 6.96. The molecule has 0 aromatic carbocycles. The fraction of sp³-hybridized carbons (Fsp3) is 0.714. The van der Waals surface area contributed by atoms with Gasteiger partial charge in [0.1, 0.15) is 5.60 Å². The Morgan fingerprint density at radius 1 is 1.47 bits per heavy atom. The van der Waals surface area contributed by atoms with Gasteiger partial charge in [-0.3, -0.25) is 9.48 Å². The molecule has 2 saturated heterocycles. The van der Waals surface area contributed by atoms with E-state index >= 15 is 0 Å². The molecule has 2 fully saturated rings. The number of aromatic nitrogens is 2. The maximum Gasteiger partial charge on any atom is 0.254 e. The highest BCUT2D eigenvalue weighted by Gasteiger charge is 2.45. The highest BCUT2D eigenvalue weighted by atomic mass is 16.5. The van der Waals surface area contributed by atoms with E-state index in [4.69, 9.17) is 4.74 Å². The van der Waals surface area contributed by atoms with E-state index in [2.05, 4.69) is 18.1 Å². The number of rotatable bonds is 2. The lowest BCUT2D eigenvalue weighted by molar-refractivity contribution is -0.157. The van der Waals surface area contributed by atoms with Crippen molar-refractivity contribution in [1.29, 1.82) is 0 Å². The van der Waals surface area contributed by atoms with Crippen molar-refractivity contribution in [3.05, 3.63) is 17.5 Å². The molecule has 0 spiro atoms. The lowest BCUT2D eigenvalue weighted by Gasteiger charge is -2.43. The molecule has 1 aromatic heterocycles. The van der Waals surface area contributed by atoms with E-state index in [1.807, 2.05) is 23.4 Å². The molecule has 0 radical (unpaired) electrons. The van der Waals surface area contributed by atoms with Gasteiger partial charge in [-0.15, -0.1) is 0 Å². The predicted octanol–water partition coefficient (Wildman–Crippen LogP) is 1.45. The summed E-state index contributed by atoms with van der Waals surface area (Å²) in [5.41, 5.74) is 1.62. The number of amides is 1. The Balaban J connectivity index is 1.64. The van der Waals surface area contributed by atoms with Crippen LogP contribution in [0.15, 0.2) is 6.07 Å². The van der Waals surface area contributed by atoms with Gasteiger partial charge in [0, 0.05) is 25.4 Å². The van der Waals surface area contributed by atoms with Gasteiger partial charge < -0.3 is 9.64 Å². The minimum absolute atomic E-state index is 0.141. The summed E-state index contributed by atoms with van der Waals surface area (Å²) in [6, 6.07) is 2.40. The molecule has 0 aliphatic carbocycles. The normalized spacial score (nSPS) is 27.6. The SMILES string of the molecule is Cc1cc(C)n(C2CN(C(=O)C3(C)CCCO3)C2)n1. The van der Waals surface area contributed by atoms with Gasteiger partial charge in [0.2, 0.25) is 0 Å². The first-order valence-electron chi connectivity index (χ1n) is 6.96. The molecule has 1 amide bonds. The number of aryl methyl sites for hydroxylation is 2. The van der Waals surface area contributed by atoms with Crippen molar-refractivity contribution in [3.8, 4) is 0 Å². The Bertz CT molecular complexity index is 497. The third-order valence-corrected chi connectivity index (χ3v) is 4.21. The van der Waals surface area contributed by atoms with Gasteiger partial charge in [0.15, 0.2) is 0 Å². The number of hydrogen-bond acceptors (Lipinski definition) is 3. The largest absolute Gasteiger partial charge is 0.365 e. The van der Waals surface area contributed by atoms with Crippen LogP contribution in [0.2, 0.25) is 0 Å². The molecule has 1 unspecified atom stereocenters. The second-order valence-electron chi connectivity index (χ2n) is 5.92. The first kappa shape index (κ1) is 12.7. The van der Waals surface area contributed by atoms with E-state index in [9.17, 15) is 4.79 Å². The first-order chi connectivity index (χ1) is 8.99. The number of ether oxygens (including phenoxy) is 1. The summed E-state index contributed by atoms with van der Waals surface area (Å²) in [5, 5.41) is 4.49. The van der Waals surface area contributed by atoms with Crippen molar-refractivity contribution in [2.75, 3.05) is 19.7 Å². The van der Waals surface area contributed by atoms with Gasteiger partial charge in [0.05, 0.1) is 11.7 Å². The van der Waals surface area contributed by atoms with E-state index in [0.29, 0.717) is 12.6 Å². The summed E-state index contributed by atoms with van der Waals surface area (Å²) in [4.78, 5) is 14.3. The topological polar surface area (TPSA) is 47.4 Å². The van der Waals surface area contributed by atoms with Gasteiger partial charge >= 0.3 is 0 Å². The summed E-state index contributed by atoms with van der Waals surface area (Å²) in [7, 11) is 0. The molecule has 1 atom stereocenters. The average Bonchev–Trinajstić information content (AvgIpc) is 2.85. The number of nitrogens with zero attached hydrogens (tertiary/aromatic N) is 3. The third-order valence-electron chi connectivity index (χ3n) is 4.21. The van der Waals surface area contributed by atoms with E-state index in [-0.39, 0.29) is 5.91 Å². The molecule has 104 valence electrons. The van der Waals surface area contributed by atoms with E-state index in [1.54, 1.807) is 0 Å². The van der Waals surface area contributed by atoms with Crippen molar-refractivity contribution < 1.29 is 9.53 Å². The molecular formula is C14H21N3O2. The average molecular weight is 263 g/mol. The molecule has 2 aliphatic heterocycles. The van der Waals surface area contributed by atoms with Crippen molar-refractivity contribution in [2.45, 2.75) is 45.3 Å². The highest BCUT2D eigenvalue weighted by Crippen LogP contribution is 2.31. The summed E-state index contributed by atoms with van der Waals surface area (Å²) >= 11 is 0. The Kier molecular flexibility index (Phi) is 2.89. The zero-order chi connectivity index (χ0) is 13.6. The molecule has 5 heteroatoms. The number of likely N-dealkylation sites (tertiary alicyclic amines) is 1. The monoisotopic (exact) mass is 263 g/mol. The molecule has 5 nitrogen and oxygen atoms in total. The minimum atomic E-state index is -0.583. The van der Waals surface area contributed by atoms with Crippen molar-refractivity contribution in [1.82, 2.24) is 14.7 Å². The smallest absolute Gasteiger partial charge is 0.254 e. The van der Waals surface area contributed by atoms with Crippen LogP contribution in [0.1, 0.15) is 37.2 Å². The predicted molar refractivity (Wildman–Crippen MR) is 70.9 cm³/mol. The van der Waals surface area contributed by atoms with Crippen LogP contribution in [0.4, 0.5) is 0 Å². The fourth-order valence-corrected chi connectivity index (χ4v) is 3.07. The maximum atomic E-state index is 12.4. The molecule has 0 bridgehead atoms. The van der Waals surface area contributed by atoms with Crippen LogP contribution < -0.4 is 0 Å². The van der Waals surface area contributed by atoms with Crippen molar-refractivity contribution in [3.63, 3.8) is 0 Å². The Hall–Kier alpha value is -1.36. The van der Waals surface area contributed by atoms with Crippen LogP contribution >= 0.6 is 0 Å². The second kappa shape index (κ2) is 4.34. The third kappa shape index (κ3) is 2.06. The summed E-state index contributed by atoms with van der Waals surface area (Å²) < 4.78 is 7.65. The standard InChI is InChI=1S/C14H21N3O2/c1-10-7-11(2)17(15-10)12-8-16(9-12)13(18)14(3)5-4-6-19-14/h7,12H,4-6,8-9H2,1-3H3. The van der Waals surface area contributed by atoms with Gasteiger partial charge in [-0.2, -0.15) is 5.10 Å². The number of carbonyl (C=O) groups is 1. The number of carbonyl (C=O) groups excluding carboxylic acids is 1. The summed E-state index contributed by atoms with van der Waals surface area (Å²) in [5.74, 6) is 0.141. The molecule has 19 heavy (non-hydrogen) atoms. The van der Waals surface area contributed by atoms with Crippen molar-refractivity contribution >= 4 is 5.91 Å². The minimum Gasteiger partial charge on any atom is -0.365 e. The lowest BCUT2D eigenvalue weighted by atomic mass is 9.97. The van der Waals surface area contributed by atoms with E-state index in [1.165, 1.54) is 0 Å². The quantitative estimate of drug-likeness (QED) is 0.811. The van der Waals surface area contributed by atoms with Gasteiger partial charge in [-0.1, -0.05) is 0 Å². The van der Waals surface area contributed by atoms with Crippen LogP contribution in [0.25, 0.3) is 0 Å². The maximum absolute atomic E-state index is 12.4. The molecule has 0 saturated carbocycles. The Morgan fingerprint density at radius 3 is 2.74 bits per heavy atom. The van der Waals surface area contributed by atoms with E-state index < -0.39 is 5.60 Å². The van der Waals surface area contributed by atoms with Gasteiger partial charge in [-0.25, -0.2) is 0 Å². The molecule has 3 rings (SSSR count). The molecule has 2 aliphatic rings.